The molecule has 0 fully saturated rings. The summed E-state index contributed by atoms with van der Waals surface area (Å²) >= 11 is 0. The standard InChI is InChI=1S/C23H14N4O3/c24-10-9-14-3-6-17(7-4-14)27-21-18-12-15(16-2-1-11-25-13-16)5-8-19(18)30-22(28)20(21)26-23(27)29/h1-8,11-13H,9H2,(H,26,29). The maximum Gasteiger partial charge on any atom is 0.362 e. The number of nitrogens with one attached hydrogen (secondary N) is 1. The van der Waals surface area contributed by atoms with Gasteiger partial charge in [0.25, 0.3) is 0 Å². The van der Waals surface area contributed by atoms with E-state index in [9.17, 15) is 9.59 Å². The number of hydrogen-bond donors (Lipinski definition) is 1. The number of aromatic amines is 1. The molecule has 30 heavy (non-hydrogen) atoms. The van der Waals surface area contributed by atoms with Gasteiger partial charge in [-0.1, -0.05) is 24.3 Å². The Labute approximate surface area is 169 Å². The van der Waals surface area contributed by atoms with Crippen molar-refractivity contribution in [2.45, 2.75) is 6.42 Å². The van der Waals surface area contributed by atoms with Gasteiger partial charge < -0.3 is 4.42 Å². The van der Waals surface area contributed by atoms with E-state index in [0.717, 1.165) is 16.7 Å². The Kier molecular flexibility index (Phi) is 4.04. The lowest BCUT2D eigenvalue weighted by Crippen LogP contribution is -2.14. The molecule has 7 nitrogen and oxygen atoms in total. The summed E-state index contributed by atoms with van der Waals surface area (Å²) in [5.41, 5.74) is 3.12. The lowest BCUT2D eigenvalue weighted by atomic mass is 10.0. The molecule has 0 aliphatic carbocycles. The van der Waals surface area contributed by atoms with Gasteiger partial charge in [0, 0.05) is 23.3 Å². The molecular formula is C23H14N4O3. The summed E-state index contributed by atoms with van der Waals surface area (Å²) in [6.07, 6.45) is 3.72. The summed E-state index contributed by atoms with van der Waals surface area (Å²) in [4.78, 5) is 32.0. The molecule has 2 aromatic carbocycles. The summed E-state index contributed by atoms with van der Waals surface area (Å²) in [7, 11) is 0. The van der Waals surface area contributed by atoms with Crippen LogP contribution in [0, 0.1) is 11.3 Å². The first-order chi connectivity index (χ1) is 14.7. The van der Waals surface area contributed by atoms with Crippen LogP contribution in [0.5, 0.6) is 0 Å². The van der Waals surface area contributed by atoms with Crippen molar-refractivity contribution in [2.24, 2.45) is 0 Å². The first kappa shape index (κ1) is 17.6. The molecular weight excluding hydrogens is 380 g/mol. The minimum Gasteiger partial charge on any atom is -0.421 e. The van der Waals surface area contributed by atoms with Crippen molar-refractivity contribution in [3.05, 3.63) is 93.5 Å². The Morgan fingerprint density at radius 2 is 1.90 bits per heavy atom. The van der Waals surface area contributed by atoms with Gasteiger partial charge in [-0.15, -0.1) is 0 Å². The Morgan fingerprint density at radius 1 is 1.07 bits per heavy atom. The number of fused-ring (bicyclic) bond motifs is 3. The summed E-state index contributed by atoms with van der Waals surface area (Å²) in [6.45, 7) is 0. The Hall–Kier alpha value is -4.44. The number of rotatable bonds is 3. The van der Waals surface area contributed by atoms with Gasteiger partial charge in [-0.3, -0.25) is 14.5 Å². The molecule has 5 aromatic rings. The highest BCUT2D eigenvalue weighted by Crippen LogP contribution is 2.28. The zero-order valence-electron chi connectivity index (χ0n) is 15.6. The van der Waals surface area contributed by atoms with Crippen LogP contribution in [0.3, 0.4) is 0 Å². The van der Waals surface area contributed by atoms with Crippen LogP contribution in [0.4, 0.5) is 0 Å². The highest BCUT2D eigenvalue weighted by molar-refractivity contribution is 6.03. The summed E-state index contributed by atoms with van der Waals surface area (Å²) in [5, 5.41) is 9.50. The van der Waals surface area contributed by atoms with Crippen LogP contribution in [0.2, 0.25) is 0 Å². The molecule has 5 rings (SSSR count). The van der Waals surface area contributed by atoms with Gasteiger partial charge in [0.15, 0.2) is 5.52 Å². The molecule has 0 spiro atoms. The average molecular weight is 394 g/mol. The SMILES string of the molecule is N#CCc1ccc(-n2c(=O)[nH]c3c(=O)oc4ccc(-c5cccnc5)cc4c32)cc1. The molecule has 0 radical (unpaired) electrons. The summed E-state index contributed by atoms with van der Waals surface area (Å²) in [6, 6.07) is 18.4. The number of hydrogen-bond acceptors (Lipinski definition) is 5. The molecule has 0 atom stereocenters. The largest absolute Gasteiger partial charge is 0.421 e. The predicted octanol–water partition coefficient (Wildman–Crippen LogP) is 3.55. The van der Waals surface area contributed by atoms with Crippen LogP contribution in [-0.2, 0) is 6.42 Å². The Balaban J connectivity index is 1.83. The van der Waals surface area contributed by atoms with Gasteiger partial charge in [-0.05, 0) is 41.5 Å². The van der Waals surface area contributed by atoms with Crippen molar-refractivity contribution in [1.29, 1.82) is 5.26 Å². The second-order valence-corrected chi connectivity index (χ2v) is 6.83. The van der Waals surface area contributed by atoms with Crippen molar-refractivity contribution >= 4 is 22.0 Å². The van der Waals surface area contributed by atoms with Crippen LogP contribution in [-0.4, -0.2) is 14.5 Å². The number of pyridine rings is 1. The number of H-pyrrole nitrogens is 1. The predicted molar refractivity (Wildman–Crippen MR) is 112 cm³/mol. The molecule has 0 unspecified atom stereocenters. The van der Waals surface area contributed by atoms with Crippen LogP contribution >= 0.6 is 0 Å². The maximum absolute atomic E-state index is 12.8. The molecule has 1 N–H and O–H groups in total. The fourth-order valence-electron chi connectivity index (χ4n) is 3.61. The van der Waals surface area contributed by atoms with E-state index in [1.54, 1.807) is 42.7 Å². The van der Waals surface area contributed by atoms with Gasteiger partial charge in [0.1, 0.15) is 5.58 Å². The zero-order valence-corrected chi connectivity index (χ0v) is 15.6. The molecule has 7 heteroatoms. The van der Waals surface area contributed by atoms with E-state index in [1.165, 1.54) is 4.57 Å². The maximum atomic E-state index is 12.8. The van der Waals surface area contributed by atoms with E-state index in [4.69, 9.17) is 9.68 Å². The molecule has 3 heterocycles. The smallest absolute Gasteiger partial charge is 0.362 e. The van der Waals surface area contributed by atoms with Gasteiger partial charge in [-0.2, -0.15) is 5.26 Å². The van der Waals surface area contributed by atoms with E-state index in [1.807, 2.05) is 24.3 Å². The molecule has 0 saturated heterocycles. The highest BCUT2D eigenvalue weighted by Gasteiger charge is 2.17. The van der Waals surface area contributed by atoms with Crippen LogP contribution in [0.1, 0.15) is 5.56 Å². The quantitative estimate of drug-likeness (QED) is 0.471. The monoisotopic (exact) mass is 394 g/mol. The Morgan fingerprint density at radius 3 is 2.63 bits per heavy atom. The van der Waals surface area contributed by atoms with Gasteiger partial charge >= 0.3 is 11.3 Å². The number of nitrogens with zero attached hydrogens (tertiary/aromatic N) is 3. The van der Waals surface area contributed by atoms with Crippen LogP contribution in [0.25, 0.3) is 38.8 Å². The van der Waals surface area contributed by atoms with Crippen molar-refractivity contribution in [3.8, 4) is 22.9 Å². The lowest BCUT2D eigenvalue weighted by Gasteiger charge is -2.08. The van der Waals surface area contributed by atoms with Crippen molar-refractivity contribution < 1.29 is 4.42 Å². The number of benzene rings is 2. The third-order valence-corrected chi connectivity index (χ3v) is 5.01. The van der Waals surface area contributed by atoms with E-state index in [0.29, 0.717) is 22.2 Å². The first-order valence-corrected chi connectivity index (χ1v) is 9.24. The first-order valence-electron chi connectivity index (χ1n) is 9.24. The second kappa shape index (κ2) is 6.87. The van der Waals surface area contributed by atoms with Crippen molar-refractivity contribution in [1.82, 2.24) is 14.5 Å². The molecule has 0 amide bonds. The molecule has 144 valence electrons. The van der Waals surface area contributed by atoms with Gasteiger partial charge in [-0.25, -0.2) is 9.59 Å². The summed E-state index contributed by atoms with van der Waals surface area (Å²) < 4.78 is 6.89. The lowest BCUT2D eigenvalue weighted by molar-refractivity contribution is 0.568. The molecule has 0 aliphatic heterocycles. The molecule has 3 aromatic heterocycles. The number of nitriles is 1. The average Bonchev–Trinajstić information content (AvgIpc) is 3.13. The van der Waals surface area contributed by atoms with Crippen LogP contribution in [0.15, 0.2) is 81.0 Å². The highest BCUT2D eigenvalue weighted by atomic mass is 16.4. The third-order valence-electron chi connectivity index (χ3n) is 5.01. The van der Waals surface area contributed by atoms with E-state index in [2.05, 4.69) is 16.0 Å². The second-order valence-electron chi connectivity index (χ2n) is 6.83. The minimum atomic E-state index is -0.608. The molecule has 0 bridgehead atoms. The Bertz CT molecular complexity index is 1550. The van der Waals surface area contributed by atoms with E-state index < -0.39 is 11.3 Å². The zero-order chi connectivity index (χ0) is 20.7. The van der Waals surface area contributed by atoms with Gasteiger partial charge in [0.05, 0.1) is 23.7 Å². The van der Waals surface area contributed by atoms with Crippen molar-refractivity contribution in [2.75, 3.05) is 0 Å². The normalized spacial score (nSPS) is 11.0. The third kappa shape index (κ3) is 2.79. The molecule has 0 aliphatic rings. The minimum absolute atomic E-state index is 0.108. The number of imidazole rings is 1. The van der Waals surface area contributed by atoms with E-state index >= 15 is 0 Å². The fraction of sp³-hybridized carbons (Fsp3) is 0.0435. The fourth-order valence-corrected chi connectivity index (χ4v) is 3.61. The van der Waals surface area contributed by atoms with Crippen LogP contribution < -0.4 is 11.3 Å². The van der Waals surface area contributed by atoms with Gasteiger partial charge in [0.2, 0.25) is 0 Å². The molecule has 0 saturated carbocycles. The topological polar surface area (TPSA) is 105 Å². The number of aromatic nitrogens is 3. The van der Waals surface area contributed by atoms with Crippen molar-refractivity contribution in [3.63, 3.8) is 0 Å². The summed E-state index contributed by atoms with van der Waals surface area (Å²) in [5.74, 6) is 0. The van der Waals surface area contributed by atoms with E-state index in [-0.39, 0.29) is 11.9 Å².